The zero-order valence-electron chi connectivity index (χ0n) is 13.3. The molecular formula is C19H15ClN4O. The predicted octanol–water partition coefficient (Wildman–Crippen LogP) is 4.71. The van der Waals surface area contributed by atoms with E-state index in [0.717, 1.165) is 22.8 Å². The van der Waals surface area contributed by atoms with Gasteiger partial charge in [-0.15, -0.1) is 0 Å². The van der Waals surface area contributed by atoms with Crippen molar-refractivity contribution in [2.24, 2.45) is 0 Å². The molecule has 0 saturated heterocycles. The molecule has 25 heavy (non-hydrogen) atoms. The number of hydrogen-bond acceptors (Lipinski definition) is 4. The van der Waals surface area contributed by atoms with Crippen molar-refractivity contribution in [1.29, 1.82) is 0 Å². The van der Waals surface area contributed by atoms with Crippen molar-refractivity contribution >= 4 is 28.8 Å². The van der Waals surface area contributed by atoms with Gasteiger partial charge < -0.3 is 10.1 Å². The van der Waals surface area contributed by atoms with Gasteiger partial charge in [-0.2, -0.15) is 9.61 Å². The van der Waals surface area contributed by atoms with Crippen LogP contribution in [0.3, 0.4) is 0 Å². The Balaban J connectivity index is 1.54. The van der Waals surface area contributed by atoms with Gasteiger partial charge in [0.1, 0.15) is 23.3 Å². The lowest BCUT2D eigenvalue weighted by Gasteiger charge is -2.11. The van der Waals surface area contributed by atoms with Crippen molar-refractivity contribution in [2.75, 3.05) is 5.32 Å². The fourth-order valence-corrected chi connectivity index (χ4v) is 2.71. The third kappa shape index (κ3) is 3.56. The maximum Gasteiger partial charge on any atom is 0.159 e. The molecule has 6 heteroatoms. The first-order chi connectivity index (χ1) is 12.3. The zero-order chi connectivity index (χ0) is 17.1. The summed E-state index contributed by atoms with van der Waals surface area (Å²) < 4.78 is 7.56. The molecule has 0 aliphatic carbocycles. The Bertz CT molecular complexity index is 1000. The normalized spacial score (nSPS) is 10.8. The summed E-state index contributed by atoms with van der Waals surface area (Å²) in [5.41, 5.74) is 2.69. The van der Waals surface area contributed by atoms with Gasteiger partial charge in [0.25, 0.3) is 0 Å². The zero-order valence-corrected chi connectivity index (χ0v) is 14.0. The minimum Gasteiger partial charge on any atom is -0.489 e. The van der Waals surface area contributed by atoms with Crippen molar-refractivity contribution in [3.8, 4) is 5.75 Å². The minimum atomic E-state index is 0.409. The van der Waals surface area contributed by atoms with Crippen LogP contribution in [0.15, 0.2) is 72.9 Å². The number of benzene rings is 2. The lowest BCUT2D eigenvalue weighted by Crippen LogP contribution is -2.01. The highest BCUT2D eigenvalue weighted by Gasteiger charge is 2.06. The summed E-state index contributed by atoms with van der Waals surface area (Å²) in [4.78, 5) is 4.22. The molecular weight excluding hydrogens is 336 g/mol. The summed E-state index contributed by atoms with van der Waals surface area (Å²) in [6.07, 6.45) is 1.68. The summed E-state index contributed by atoms with van der Waals surface area (Å²) in [6.45, 7) is 0.523. The Morgan fingerprint density at radius 3 is 2.76 bits per heavy atom. The number of anilines is 2. The smallest absolute Gasteiger partial charge is 0.159 e. The van der Waals surface area contributed by atoms with Gasteiger partial charge in [-0.05, 0) is 17.7 Å². The maximum absolute atomic E-state index is 6.08. The molecule has 0 atom stereocenters. The molecule has 0 saturated carbocycles. The third-order valence-corrected chi connectivity index (χ3v) is 3.88. The first kappa shape index (κ1) is 15.5. The fourth-order valence-electron chi connectivity index (χ4n) is 2.52. The maximum atomic E-state index is 6.08. The number of fused-ring (bicyclic) bond motifs is 1. The van der Waals surface area contributed by atoms with E-state index in [1.54, 1.807) is 22.8 Å². The Hall–Kier alpha value is -3.05. The lowest BCUT2D eigenvalue weighted by molar-refractivity contribution is 0.306. The highest BCUT2D eigenvalue weighted by atomic mass is 35.5. The van der Waals surface area contributed by atoms with Gasteiger partial charge in [0.05, 0.1) is 6.20 Å². The molecule has 0 spiro atoms. The molecule has 0 radical (unpaired) electrons. The van der Waals surface area contributed by atoms with Crippen LogP contribution in [0.1, 0.15) is 5.56 Å². The molecule has 4 rings (SSSR count). The van der Waals surface area contributed by atoms with E-state index in [9.17, 15) is 0 Å². The van der Waals surface area contributed by atoms with Crippen LogP contribution in [0, 0.1) is 0 Å². The Kier molecular flexibility index (Phi) is 4.23. The second-order valence-electron chi connectivity index (χ2n) is 5.49. The SMILES string of the molecule is Clc1cc(Nc2cccc(OCc3ccccc3)c2)n2nccc2n1. The summed E-state index contributed by atoms with van der Waals surface area (Å²) >= 11 is 6.08. The second-order valence-corrected chi connectivity index (χ2v) is 5.88. The Labute approximate surface area is 149 Å². The van der Waals surface area contributed by atoms with E-state index in [2.05, 4.69) is 15.4 Å². The first-order valence-corrected chi connectivity index (χ1v) is 8.20. The van der Waals surface area contributed by atoms with Gasteiger partial charge in [0.2, 0.25) is 0 Å². The molecule has 2 heterocycles. The van der Waals surface area contributed by atoms with Crippen molar-refractivity contribution in [3.63, 3.8) is 0 Å². The number of hydrogen-bond donors (Lipinski definition) is 1. The Morgan fingerprint density at radius 1 is 1.00 bits per heavy atom. The number of nitrogens with zero attached hydrogens (tertiary/aromatic N) is 3. The molecule has 4 aromatic rings. The van der Waals surface area contributed by atoms with Gasteiger partial charge in [0, 0.05) is 23.9 Å². The highest BCUT2D eigenvalue weighted by Crippen LogP contribution is 2.24. The van der Waals surface area contributed by atoms with Crippen LogP contribution in [0.4, 0.5) is 11.5 Å². The van der Waals surface area contributed by atoms with Gasteiger partial charge in [-0.25, -0.2) is 4.98 Å². The van der Waals surface area contributed by atoms with Gasteiger partial charge >= 0.3 is 0 Å². The molecule has 0 amide bonds. The number of nitrogens with one attached hydrogen (secondary N) is 1. The van der Waals surface area contributed by atoms with E-state index in [1.807, 2.05) is 54.6 Å². The summed E-state index contributed by atoms with van der Waals surface area (Å²) in [7, 11) is 0. The molecule has 5 nitrogen and oxygen atoms in total. The van der Waals surface area contributed by atoms with Gasteiger partial charge in [-0.3, -0.25) is 0 Å². The molecule has 2 aromatic carbocycles. The van der Waals surface area contributed by atoms with Gasteiger partial charge in [-0.1, -0.05) is 48.0 Å². The van der Waals surface area contributed by atoms with E-state index < -0.39 is 0 Å². The molecule has 0 bridgehead atoms. The van der Waals surface area contributed by atoms with Crippen molar-refractivity contribution < 1.29 is 4.74 Å². The standard InChI is InChI=1S/C19H15ClN4O/c20-17-12-19(24-18(23-17)9-10-21-24)22-15-7-4-8-16(11-15)25-13-14-5-2-1-3-6-14/h1-12,22H,13H2. The molecule has 0 fully saturated rings. The lowest BCUT2D eigenvalue weighted by atomic mass is 10.2. The number of aromatic nitrogens is 3. The highest BCUT2D eigenvalue weighted by molar-refractivity contribution is 6.29. The average Bonchev–Trinajstić information content (AvgIpc) is 3.10. The number of halogens is 1. The quantitative estimate of drug-likeness (QED) is 0.530. The van der Waals surface area contributed by atoms with Crippen LogP contribution >= 0.6 is 11.6 Å². The van der Waals surface area contributed by atoms with Crippen molar-refractivity contribution in [3.05, 3.63) is 83.6 Å². The second kappa shape index (κ2) is 6.83. The van der Waals surface area contributed by atoms with Crippen LogP contribution in [-0.2, 0) is 6.61 Å². The van der Waals surface area contributed by atoms with E-state index in [0.29, 0.717) is 17.4 Å². The molecule has 1 N–H and O–H groups in total. The van der Waals surface area contributed by atoms with E-state index >= 15 is 0 Å². The first-order valence-electron chi connectivity index (χ1n) is 7.82. The third-order valence-electron chi connectivity index (χ3n) is 3.68. The summed E-state index contributed by atoms with van der Waals surface area (Å²) in [5.74, 6) is 1.52. The van der Waals surface area contributed by atoms with Crippen LogP contribution in [-0.4, -0.2) is 14.6 Å². The molecule has 2 aromatic heterocycles. The van der Waals surface area contributed by atoms with E-state index in [4.69, 9.17) is 16.3 Å². The summed E-state index contributed by atoms with van der Waals surface area (Å²) in [6, 6.07) is 21.4. The van der Waals surface area contributed by atoms with E-state index in [1.165, 1.54) is 0 Å². The average molecular weight is 351 g/mol. The van der Waals surface area contributed by atoms with Crippen LogP contribution in [0.5, 0.6) is 5.75 Å². The van der Waals surface area contributed by atoms with Crippen molar-refractivity contribution in [2.45, 2.75) is 6.61 Å². The molecule has 124 valence electrons. The van der Waals surface area contributed by atoms with E-state index in [-0.39, 0.29) is 0 Å². The van der Waals surface area contributed by atoms with Crippen LogP contribution in [0.2, 0.25) is 5.15 Å². The largest absolute Gasteiger partial charge is 0.489 e. The molecule has 0 aliphatic rings. The monoisotopic (exact) mass is 350 g/mol. The number of ether oxygens (including phenoxy) is 1. The van der Waals surface area contributed by atoms with Gasteiger partial charge in [0.15, 0.2) is 5.65 Å². The topological polar surface area (TPSA) is 51.5 Å². The predicted molar refractivity (Wildman–Crippen MR) is 98.5 cm³/mol. The minimum absolute atomic E-state index is 0.409. The summed E-state index contributed by atoms with van der Waals surface area (Å²) in [5, 5.41) is 7.97. The van der Waals surface area contributed by atoms with Crippen molar-refractivity contribution in [1.82, 2.24) is 14.6 Å². The Morgan fingerprint density at radius 2 is 1.88 bits per heavy atom. The van der Waals surface area contributed by atoms with Crippen LogP contribution < -0.4 is 10.1 Å². The fraction of sp³-hybridized carbons (Fsp3) is 0.0526. The molecule has 0 aliphatic heterocycles. The molecule has 0 unspecified atom stereocenters. The van der Waals surface area contributed by atoms with Crippen LogP contribution in [0.25, 0.3) is 5.65 Å². The number of rotatable bonds is 5.